The Morgan fingerprint density at radius 2 is 1.71 bits per heavy atom. The Balaban J connectivity index is 1.90. The Kier molecular flexibility index (Phi) is 6.25. The molecule has 2 rings (SSSR count). The van der Waals surface area contributed by atoms with Crippen LogP contribution < -0.4 is 10.6 Å². The number of carbonyl (C=O) groups is 1. The maximum absolute atomic E-state index is 12.2. The smallest absolute Gasteiger partial charge is 0.315 e. The molecule has 2 aromatic rings. The molecule has 0 aliphatic rings. The SMILES string of the molecule is CC(C)Sc1ccc([C@@H](C)NC(=O)N[C@@H](C)c2nncn2C)cc1. The lowest BCUT2D eigenvalue weighted by molar-refractivity contribution is 0.234. The van der Waals surface area contributed by atoms with Crippen molar-refractivity contribution in [2.75, 3.05) is 0 Å². The maximum atomic E-state index is 12.2. The van der Waals surface area contributed by atoms with Crippen LogP contribution in [-0.2, 0) is 7.05 Å². The van der Waals surface area contributed by atoms with Crippen molar-refractivity contribution in [2.45, 2.75) is 49.9 Å². The summed E-state index contributed by atoms with van der Waals surface area (Å²) in [5, 5.41) is 14.2. The van der Waals surface area contributed by atoms with Crippen LogP contribution in [0.5, 0.6) is 0 Å². The number of nitrogens with zero attached hydrogens (tertiary/aromatic N) is 3. The summed E-state index contributed by atoms with van der Waals surface area (Å²) in [5.41, 5.74) is 1.07. The Morgan fingerprint density at radius 1 is 1.08 bits per heavy atom. The molecular formula is C17H25N5OS. The van der Waals surface area contributed by atoms with Gasteiger partial charge in [-0.05, 0) is 31.5 Å². The molecule has 1 heterocycles. The lowest BCUT2D eigenvalue weighted by Gasteiger charge is -2.18. The summed E-state index contributed by atoms with van der Waals surface area (Å²) in [6, 6.07) is 7.79. The van der Waals surface area contributed by atoms with E-state index in [2.05, 4.69) is 58.9 Å². The number of urea groups is 1. The van der Waals surface area contributed by atoms with Gasteiger partial charge >= 0.3 is 6.03 Å². The van der Waals surface area contributed by atoms with Crippen molar-refractivity contribution < 1.29 is 4.79 Å². The third kappa shape index (κ3) is 4.99. The number of hydrogen-bond donors (Lipinski definition) is 2. The predicted octanol–water partition coefficient (Wildman–Crippen LogP) is 3.44. The molecule has 0 fully saturated rings. The molecule has 0 bridgehead atoms. The standard InChI is InChI=1S/C17H25N5OS/c1-11(2)24-15-8-6-14(7-9-15)12(3)19-17(23)20-13(4)16-21-18-10-22(16)5/h6-13H,1-5H3,(H2,19,20,23)/t12-,13+/m1/s1. The number of amides is 2. The predicted molar refractivity (Wildman–Crippen MR) is 96.9 cm³/mol. The first kappa shape index (κ1) is 18.3. The summed E-state index contributed by atoms with van der Waals surface area (Å²) in [7, 11) is 1.85. The van der Waals surface area contributed by atoms with Gasteiger partial charge in [0.2, 0.25) is 0 Å². The molecule has 0 unspecified atom stereocenters. The summed E-state index contributed by atoms with van der Waals surface area (Å²) >= 11 is 1.83. The fourth-order valence-electron chi connectivity index (χ4n) is 2.37. The van der Waals surface area contributed by atoms with Gasteiger partial charge < -0.3 is 15.2 Å². The zero-order valence-corrected chi connectivity index (χ0v) is 15.6. The van der Waals surface area contributed by atoms with Crippen LogP contribution in [-0.4, -0.2) is 26.0 Å². The lowest BCUT2D eigenvalue weighted by Crippen LogP contribution is -2.39. The highest BCUT2D eigenvalue weighted by Gasteiger charge is 2.16. The number of rotatable bonds is 6. The van der Waals surface area contributed by atoms with Gasteiger partial charge in [-0.25, -0.2) is 4.79 Å². The summed E-state index contributed by atoms with van der Waals surface area (Å²) < 4.78 is 1.79. The molecule has 2 amide bonds. The highest BCUT2D eigenvalue weighted by Crippen LogP contribution is 2.24. The molecule has 1 aromatic heterocycles. The molecule has 24 heavy (non-hydrogen) atoms. The van der Waals surface area contributed by atoms with Crippen LogP contribution in [0.3, 0.4) is 0 Å². The normalized spacial score (nSPS) is 13.6. The van der Waals surface area contributed by atoms with Crippen LogP contribution in [0, 0.1) is 0 Å². The Labute approximate surface area is 147 Å². The first-order valence-electron chi connectivity index (χ1n) is 8.04. The van der Waals surface area contributed by atoms with Crippen LogP contribution in [0.2, 0.25) is 0 Å². The largest absolute Gasteiger partial charge is 0.332 e. The van der Waals surface area contributed by atoms with E-state index in [0.717, 1.165) is 5.56 Å². The average Bonchev–Trinajstić information content (AvgIpc) is 2.93. The number of benzene rings is 1. The third-order valence-corrected chi connectivity index (χ3v) is 4.60. The second-order valence-electron chi connectivity index (χ2n) is 6.10. The van der Waals surface area contributed by atoms with Crippen LogP contribution in [0.25, 0.3) is 0 Å². The van der Waals surface area contributed by atoms with Crippen molar-refractivity contribution in [1.29, 1.82) is 0 Å². The molecule has 6 nitrogen and oxygen atoms in total. The molecule has 0 radical (unpaired) electrons. The molecule has 0 aliphatic heterocycles. The van der Waals surface area contributed by atoms with Crippen LogP contribution in [0.1, 0.15) is 51.2 Å². The van der Waals surface area contributed by atoms with E-state index in [1.165, 1.54) is 4.90 Å². The molecular weight excluding hydrogens is 322 g/mol. The van der Waals surface area contributed by atoms with E-state index < -0.39 is 0 Å². The molecule has 0 spiro atoms. The molecule has 0 saturated carbocycles. The van der Waals surface area contributed by atoms with Crippen molar-refractivity contribution in [3.05, 3.63) is 42.0 Å². The minimum absolute atomic E-state index is 0.0743. The van der Waals surface area contributed by atoms with Gasteiger partial charge in [0.1, 0.15) is 6.33 Å². The highest BCUT2D eigenvalue weighted by atomic mass is 32.2. The first-order valence-corrected chi connectivity index (χ1v) is 8.92. The number of aromatic nitrogens is 3. The summed E-state index contributed by atoms with van der Waals surface area (Å²) in [4.78, 5) is 13.4. The van der Waals surface area contributed by atoms with Crippen molar-refractivity contribution >= 4 is 17.8 Å². The van der Waals surface area contributed by atoms with E-state index in [4.69, 9.17) is 0 Å². The highest BCUT2D eigenvalue weighted by molar-refractivity contribution is 7.99. The van der Waals surface area contributed by atoms with Gasteiger partial charge in [-0.2, -0.15) is 0 Å². The summed E-state index contributed by atoms with van der Waals surface area (Å²) in [6.07, 6.45) is 1.62. The van der Waals surface area contributed by atoms with E-state index >= 15 is 0 Å². The molecule has 0 aliphatic carbocycles. The van der Waals surface area contributed by atoms with E-state index in [-0.39, 0.29) is 18.1 Å². The second-order valence-corrected chi connectivity index (χ2v) is 7.75. The van der Waals surface area contributed by atoms with E-state index in [0.29, 0.717) is 11.1 Å². The van der Waals surface area contributed by atoms with Crippen molar-refractivity contribution in [2.24, 2.45) is 7.05 Å². The molecule has 130 valence electrons. The molecule has 2 atom stereocenters. The molecule has 0 saturated heterocycles. The number of carbonyl (C=O) groups excluding carboxylic acids is 1. The molecule has 2 N–H and O–H groups in total. The van der Waals surface area contributed by atoms with Gasteiger partial charge in [0.25, 0.3) is 0 Å². The van der Waals surface area contributed by atoms with Crippen LogP contribution in [0.15, 0.2) is 35.5 Å². The van der Waals surface area contributed by atoms with Crippen molar-refractivity contribution in [3.8, 4) is 0 Å². The number of aryl methyl sites for hydroxylation is 1. The fourth-order valence-corrected chi connectivity index (χ4v) is 3.21. The zero-order valence-electron chi connectivity index (χ0n) is 14.8. The molecule has 1 aromatic carbocycles. The van der Waals surface area contributed by atoms with Crippen molar-refractivity contribution in [1.82, 2.24) is 25.4 Å². The zero-order chi connectivity index (χ0) is 17.7. The number of thioether (sulfide) groups is 1. The van der Waals surface area contributed by atoms with E-state index in [1.54, 1.807) is 10.9 Å². The average molecular weight is 347 g/mol. The topological polar surface area (TPSA) is 71.8 Å². The quantitative estimate of drug-likeness (QED) is 0.785. The lowest BCUT2D eigenvalue weighted by atomic mass is 10.1. The van der Waals surface area contributed by atoms with Gasteiger partial charge in [-0.3, -0.25) is 0 Å². The molecule has 7 heteroatoms. The van der Waals surface area contributed by atoms with E-state index in [9.17, 15) is 4.79 Å². The third-order valence-electron chi connectivity index (χ3n) is 3.58. The second kappa shape index (κ2) is 8.19. The summed E-state index contributed by atoms with van der Waals surface area (Å²) in [6.45, 7) is 8.19. The van der Waals surface area contributed by atoms with Gasteiger partial charge in [0, 0.05) is 17.2 Å². The summed E-state index contributed by atoms with van der Waals surface area (Å²) in [5.74, 6) is 0.716. The minimum Gasteiger partial charge on any atom is -0.332 e. The maximum Gasteiger partial charge on any atom is 0.315 e. The number of nitrogens with one attached hydrogen (secondary N) is 2. The van der Waals surface area contributed by atoms with Crippen LogP contribution in [0.4, 0.5) is 4.79 Å². The monoisotopic (exact) mass is 347 g/mol. The van der Waals surface area contributed by atoms with E-state index in [1.807, 2.05) is 32.7 Å². The van der Waals surface area contributed by atoms with Gasteiger partial charge in [0.15, 0.2) is 5.82 Å². The minimum atomic E-state index is -0.223. The van der Waals surface area contributed by atoms with Crippen molar-refractivity contribution in [3.63, 3.8) is 0 Å². The van der Waals surface area contributed by atoms with Gasteiger partial charge in [-0.15, -0.1) is 22.0 Å². The number of hydrogen-bond acceptors (Lipinski definition) is 4. The first-order chi connectivity index (χ1) is 11.4. The Morgan fingerprint density at radius 3 is 2.25 bits per heavy atom. The Bertz CT molecular complexity index is 668. The fraction of sp³-hybridized carbons (Fsp3) is 0.471. The van der Waals surface area contributed by atoms with Gasteiger partial charge in [-0.1, -0.05) is 26.0 Å². The van der Waals surface area contributed by atoms with Crippen LogP contribution >= 0.6 is 11.8 Å². The Hall–Kier alpha value is -2.02. The van der Waals surface area contributed by atoms with Gasteiger partial charge in [0.05, 0.1) is 12.1 Å².